The number of rotatable bonds is 8. The summed E-state index contributed by atoms with van der Waals surface area (Å²) in [5.74, 6) is -1.37. The van der Waals surface area contributed by atoms with E-state index in [1.54, 1.807) is 24.3 Å². The number of amides is 1. The Labute approximate surface area is 235 Å². The largest absolute Gasteiger partial charge is 0.363 e. The Morgan fingerprint density at radius 3 is 2.15 bits per heavy atom. The quantitative estimate of drug-likeness (QED) is 0.287. The molecule has 39 heavy (non-hydrogen) atoms. The van der Waals surface area contributed by atoms with Crippen molar-refractivity contribution in [3.63, 3.8) is 0 Å². The number of carbonyl (C=O) groups is 1. The molecule has 0 bridgehead atoms. The van der Waals surface area contributed by atoms with Crippen LogP contribution in [0.4, 0.5) is 15.8 Å². The van der Waals surface area contributed by atoms with Gasteiger partial charge in [-0.1, -0.05) is 52.6 Å². The highest BCUT2D eigenvalue weighted by atomic mass is 35.5. The molecule has 0 radical (unpaired) electrons. The van der Waals surface area contributed by atoms with Crippen molar-refractivity contribution in [3.05, 3.63) is 112 Å². The first kappa shape index (κ1) is 27.1. The lowest BCUT2D eigenvalue weighted by Gasteiger charge is -2.48. The second-order valence-electron chi connectivity index (χ2n) is 9.24. The topological polar surface area (TPSA) is 95.8 Å². The fourth-order valence-electron chi connectivity index (χ4n) is 4.73. The van der Waals surface area contributed by atoms with Gasteiger partial charge in [0.25, 0.3) is 5.91 Å². The lowest BCUT2D eigenvalue weighted by atomic mass is 9.93. The summed E-state index contributed by atoms with van der Waals surface area (Å²) in [6.07, 6.45) is 3.58. The molecule has 0 atom stereocenters. The van der Waals surface area contributed by atoms with Gasteiger partial charge in [0.05, 0.1) is 30.2 Å². The molecular formula is C27H23Cl2FN4O4S. The number of hydrogen-bond acceptors (Lipinski definition) is 6. The van der Waals surface area contributed by atoms with Gasteiger partial charge >= 0.3 is 0 Å². The number of sulfonamides is 1. The highest BCUT2D eigenvalue weighted by Crippen LogP contribution is 2.37. The summed E-state index contributed by atoms with van der Waals surface area (Å²) in [7, 11) is -3.83. The van der Waals surface area contributed by atoms with E-state index >= 15 is 0 Å². The first-order chi connectivity index (χ1) is 18.6. The van der Waals surface area contributed by atoms with Crippen LogP contribution in [0.1, 0.15) is 27.5 Å². The molecule has 4 aromatic rings. The zero-order chi connectivity index (χ0) is 27.7. The molecule has 0 unspecified atom stereocenters. The molecule has 1 aliphatic heterocycles. The highest BCUT2D eigenvalue weighted by Gasteiger charge is 2.41. The smallest absolute Gasteiger partial charge is 0.255 e. The minimum Gasteiger partial charge on any atom is -0.363 e. The maximum atomic E-state index is 14.6. The molecule has 1 amide bonds. The van der Waals surface area contributed by atoms with E-state index in [4.69, 9.17) is 27.7 Å². The van der Waals surface area contributed by atoms with Gasteiger partial charge in [-0.3, -0.25) is 14.0 Å². The molecule has 12 heteroatoms. The Kier molecular flexibility index (Phi) is 7.64. The van der Waals surface area contributed by atoms with Gasteiger partial charge < -0.3 is 9.84 Å². The Bertz CT molecular complexity index is 1530. The highest BCUT2D eigenvalue weighted by molar-refractivity contribution is 7.92. The van der Waals surface area contributed by atoms with Crippen LogP contribution in [-0.4, -0.2) is 49.8 Å². The number of likely N-dealkylation sites (tertiary alicyclic amines) is 1. The van der Waals surface area contributed by atoms with Crippen molar-refractivity contribution in [1.82, 2.24) is 10.1 Å². The summed E-state index contributed by atoms with van der Waals surface area (Å²) in [4.78, 5) is 14.8. The van der Waals surface area contributed by atoms with Gasteiger partial charge in [0.2, 0.25) is 10.0 Å². The van der Waals surface area contributed by atoms with E-state index in [-0.39, 0.29) is 23.0 Å². The zero-order valence-electron chi connectivity index (χ0n) is 20.6. The first-order valence-corrected chi connectivity index (χ1v) is 14.4. The van der Waals surface area contributed by atoms with Gasteiger partial charge in [-0.05, 0) is 53.6 Å². The predicted octanol–water partition coefficient (Wildman–Crippen LogP) is 5.61. The van der Waals surface area contributed by atoms with Gasteiger partial charge in [0, 0.05) is 28.7 Å². The fraction of sp³-hybridized carbons (Fsp3) is 0.185. The van der Waals surface area contributed by atoms with Gasteiger partial charge in [-0.25, -0.2) is 12.8 Å². The molecule has 5 rings (SSSR count). The minimum atomic E-state index is -3.83. The number of nitrogens with one attached hydrogen (secondary N) is 1. The Morgan fingerprint density at radius 1 is 1.05 bits per heavy atom. The molecule has 0 aliphatic carbocycles. The summed E-state index contributed by atoms with van der Waals surface area (Å²) in [5.41, 5.74) is 2.26. The van der Waals surface area contributed by atoms with Crippen molar-refractivity contribution in [2.45, 2.75) is 12.1 Å². The number of carbonyl (C=O) groups excluding carboxylic acids is 1. The van der Waals surface area contributed by atoms with E-state index in [0.717, 1.165) is 29.5 Å². The zero-order valence-corrected chi connectivity index (χ0v) is 22.9. The van der Waals surface area contributed by atoms with E-state index in [0.29, 0.717) is 23.1 Å². The fourth-order valence-corrected chi connectivity index (χ4v) is 6.14. The molecule has 1 fully saturated rings. The summed E-state index contributed by atoms with van der Waals surface area (Å²) in [6, 6.07) is 17.7. The van der Waals surface area contributed by atoms with E-state index in [1.807, 2.05) is 24.3 Å². The summed E-state index contributed by atoms with van der Waals surface area (Å²) in [5, 5.41) is 7.26. The second-order valence-corrected chi connectivity index (χ2v) is 12.0. The second kappa shape index (κ2) is 11.0. The molecule has 202 valence electrons. The van der Waals surface area contributed by atoms with Crippen molar-refractivity contribution < 1.29 is 22.1 Å². The molecule has 0 saturated carbocycles. The average Bonchev–Trinajstić information content (AvgIpc) is 3.36. The predicted molar refractivity (Wildman–Crippen MR) is 148 cm³/mol. The van der Waals surface area contributed by atoms with E-state index < -0.39 is 27.8 Å². The van der Waals surface area contributed by atoms with Crippen LogP contribution < -0.4 is 9.62 Å². The standard InChI is InChI=1S/C27H23Cl2FN4O4S/c1-39(36,37)34(24-11-19(10-22(30)12-24)27(35)32-23-13-31-38-16-23)25-14-33(15-25)26(17-2-6-20(28)7-3-17)18-4-8-21(29)9-5-18/h2-13,16,25-26H,14-15H2,1H3,(H,32,35). The van der Waals surface area contributed by atoms with Crippen molar-refractivity contribution in [3.8, 4) is 0 Å². The number of halogens is 3. The minimum absolute atomic E-state index is 0.0452. The maximum Gasteiger partial charge on any atom is 0.255 e. The average molecular weight is 589 g/mol. The van der Waals surface area contributed by atoms with Gasteiger partial charge in [0.15, 0.2) is 0 Å². The molecule has 2 heterocycles. The molecule has 1 saturated heterocycles. The molecule has 0 spiro atoms. The van der Waals surface area contributed by atoms with Crippen molar-refractivity contribution in [1.29, 1.82) is 0 Å². The number of anilines is 2. The monoisotopic (exact) mass is 588 g/mol. The maximum absolute atomic E-state index is 14.6. The SMILES string of the molecule is CS(=O)(=O)N(c1cc(F)cc(C(=O)Nc2cnoc2)c1)C1CN(C(c2ccc(Cl)cc2)c2ccc(Cl)cc2)C1. The summed E-state index contributed by atoms with van der Waals surface area (Å²) in [6.45, 7) is 0.726. The Balaban J connectivity index is 1.43. The lowest BCUT2D eigenvalue weighted by molar-refractivity contribution is 0.102. The molecule has 3 aromatic carbocycles. The molecule has 8 nitrogen and oxygen atoms in total. The van der Waals surface area contributed by atoms with Crippen molar-refractivity contribution in [2.75, 3.05) is 29.0 Å². The molecule has 1 aliphatic rings. The van der Waals surface area contributed by atoms with E-state index in [9.17, 15) is 17.6 Å². The van der Waals surface area contributed by atoms with Crippen molar-refractivity contribution in [2.24, 2.45) is 0 Å². The van der Waals surface area contributed by atoms with Crippen molar-refractivity contribution >= 4 is 50.5 Å². The Hall–Kier alpha value is -3.44. The lowest BCUT2D eigenvalue weighted by Crippen LogP contribution is -2.61. The van der Waals surface area contributed by atoms with Gasteiger partial charge in [-0.15, -0.1) is 0 Å². The van der Waals surface area contributed by atoms with Crippen LogP contribution in [0, 0.1) is 5.82 Å². The van der Waals surface area contributed by atoms with Crippen LogP contribution in [0.2, 0.25) is 10.0 Å². The molecule has 1 aromatic heterocycles. The third kappa shape index (κ3) is 6.09. The van der Waals surface area contributed by atoms with Crippen LogP contribution in [-0.2, 0) is 10.0 Å². The molecule has 1 N–H and O–H groups in total. The van der Waals surface area contributed by atoms with E-state index in [1.165, 1.54) is 22.8 Å². The van der Waals surface area contributed by atoms with Crippen LogP contribution >= 0.6 is 23.2 Å². The van der Waals surface area contributed by atoms with Crippen LogP contribution in [0.5, 0.6) is 0 Å². The van der Waals surface area contributed by atoms with Crippen LogP contribution in [0.15, 0.2) is 83.7 Å². The summed E-state index contributed by atoms with van der Waals surface area (Å²) < 4.78 is 46.4. The number of benzene rings is 3. The van der Waals surface area contributed by atoms with Crippen LogP contribution in [0.25, 0.3) is 0 Å². The first-order valence-electron chi connectivity index (χ1n) is 11.8. The Morgan fingerprint density at radius 2 is 1.64 bits per heavy atom. The van der Waals surface area contributed by atoms with Gasteiger partial charge in [0.1, 0.15) is 17.8 Å². The van der Waals surface area contributed by atoms with E-state index in [2.05, 4.69) is 15.4 Å². The summed E-state index contributed by atoms with van der Waals surface area (Å²) >= 11 is 12.2. The molecular weight excluding hydrogens is 566 g/mol. The number of aromatic nitrogens is 1. The third-order valence-electron chi connectivity index (χ3n) is 6.41. The normalized spacial score (nSPS) is 14.3. The van der Waals surface area contributed by atoms with Crippen LogP contribution in [0.3, 0.4) is 0 Å². The number of hydrogen-bond donors (Lipinski definition) is 1. The number of nitrogens with zero attached hydrogens (tertiary/aromatic N) is 3. The third-order valence-corrected chi connectivity index (χ3v) is 8.13. The van der Waals surface area contributed by atoms with Gasteiger partial charge in [-0.2, -0.15) is 0 Å².